The molecule has 0 heterocycles. The van der Waals surface area contributed by atoms with Gasteiger partial charge in [-0.3, -0.25) is 9.59 Å². The molecule has 2 amide bonds. The molecule has 0 aliphatic rings. The van der Waals surface area contributed by atoms with Crippen LogP contribution in [0.5, 0.6) is 0 Å². The molecule has 19 heavy (non-hydrogen) atoms. The van der Waals surface area contributed by atoms with E-state index in [2.05, 4.69) is 10.6 Å². The third kappa shape index (κ3) is 5.52. The van der Waals surface area contributed by atoms with Crippen LogP contribution in [0, 0.1) is 0 Å². The molecule has 0 saturated carbocycles. The van der Waals surface area contributed by atoms with Crippen LogP contribution < -0.4 is 10.6 Å². The van der Waals surface area contributed by atoms with Gasteiger partial charge in [0, 0.05) is 32.2 Å². The predicted octanol–water partition coefficient (Wildman–Crippen LogP) is 1.09. The normalized spacial score (nSPS) is 11.7. The van der Waals surface area contributed by atoms with Crippen LogP contribution >= 0.6 is 0 Å². The number of hydrogen-bond acceptors (Lipinski definition) is 3. The number of methoxy groups -OCH3 is 1. The van der Waals surface area contributed by atoms with Gasteiger partial charge in [0.05, 0.1) is 6.61 Å². The fourth-order valence-electron chi connectivity index (χ4n) is 1.60. The second-order valence-corrected chi connectivity index (χ2v) is 4.44. The Morgan fingerprint density at radius 1 is 1.26 bits per heavy atom. The summed E-state index contributed by atoms with van der Waals surface area (Å²) in [7, 11) is 1.60. The topological polar surface area (TPSA) is 67.4 Å². The van der Waals surface area contributed by atoms with E-state index in [1.54, 1.807) is 19.2 Å². The molecule has 5 heteroatoms. The van der Waals surface area contributed by atoms with Crippen molar-refractivity contribution < 1.29 is 14.3 Å². The van der Waals surface area contributed by atoms with Crippen molar-refractivity contribution in [3.8, 4) is 0 Å². The van der Waals surface area contributed by atoms with Gasteiger partial charge >= 0.3 is 0 Å². The van der Waals surface area contributed by atoms with Gasteiger partial charge in [-0.05, 0) is 24.6 Å². The van der Waals surface area contributed by atoms with Crippen LogP contribution in [-0.4, -0.2) is 31.6 Å². The highest BCUT2D eigenvalue weighted by Gasteiger charge is 2.09. The largest absolute Gasteiger partial charge is 0.383 e. The molecule has 1 rings (SSSR count). The van der Waals surface area contributed by atoms with Crippen molar-refractivity contribution in [2.75, 3.05) is 13.7 Å². The first-order valence-electron chi connectivity index (χ1n) is 6.16. The maximum Gasteiger partial charge on any atom is 0.251 e. The number of rotatable bonds is 6. The Bertz CT molecular complexity index is 429. The molecular weight excluding hydrogens is 244 g/mol. The van der Waals surface area contributed by atoms with Crippen LogP contribution in [0.3, 0.4) is 0 Å². The van der Waals surface area contributed by atoms with E-state index in [4.69, 9.17) is 4.74 Å². The highest BCUT2D eigenvalue weighted by Crippen LogP contribution is 2.04. The quantitative estimate of drug-likeness (QED) is 0.808. The first kappa shape index (κ1) is 15.2. The lowest BCUT2D eigenvalue weighted by Gasteiger charge is -2.12. The van der Waals surface area contributed by atoms with Crippen LogP contribution in [0.4, 0.5) is 0 Å². The Hall–Kier alpha value is -1.88. The highest BCUT2D eigenvalue weighted by molar-refractivity contribution is 5.94. The molecule has 0 spiro atoms. The first-order chi connectivity index (χ1) is 9.02. The number of hydrogen-bond donors (Lipinski definition) is 2. The van der Waals surface area contributed by atoms with E-state index in [9.17, 15) is 9.59 Å². The van der Waals surface area contributed by atoms with Crippen LogP contribution in [0.1, 0.15) is 29.8 Å². The lowest BCUT2D eigenvalue weighted by Crippen LogP contribution is -2.35. The fraction of sp³-hybridized carbons (Fsp3) is 0.429. The Balaban J connectivity index is 2.55. The van der Waals surface area contributed by atoms with Crippen molar-refractivity contribution >= 4 is 11.8 Å². The van der Waals surface area contributed by atoms with E-state index in [0.717, 1.165) is 5.56 Å². The number of amides is 2. The molecule has 104 valence electrons. The Morgan fingerprint density at radius 3 is 2.42 bits per heavy atom. The third-order valence-corrected chi connectivity index (χ3v) is 2.55. The maximum atomic E-state index is 11.9. The molecule has 0 fully saturated rings. The van der Waals surface area contributed by atoms with Gasteiger partial charge in [-0.1, -0.05) is 12.1 Å². The summed E-state index contributed by atoms with van der Waals surface area (Å²) >= 11 is 0. The Morgan fingerprint density at radius 2 is 1.89 bits per heavy atom. The molecule has 5 nitrogen and oxygen atoms in total. The molecule has 0 saturated heterocycles. The van der Waals surface area contributed by atoms with Gasteiger partial charge < -0.3 is 15.4 Å². The lowest BCUT2D eigenvalue weighted by molar-refractivity contribution is -0.119. The van der Waals surface area contributed by atoms with E-state index in [1.165, 1.54) is 6.92 Å². The van der Waals surface area contributed by atoms with Crippen molar-refractivity contribution in [2.24, 2.45) is 0 Å². The van der Waals surface area contributed by atoms with Gasteiger partial charge in [0.1, 0.15) is 0 Å². The van der Waals surface area contributed by atoms with Crippen LogP contribution in [0.2, 0.25) is 0 Å². The molecule has 1 atom stereocenters. The third-order valence-electron chi connectivity index (χ3n) is 2.55. The van der Waals surface area contributed by atoms with E-state index in [-0.39, 0.29) is 17.9 Å². The van der Waals surface area contributed by atoms with E-state index in [0.29, 0.717) is 18.7 Å². The minimum absolute atomic E-state index is 0.0310. The minimum atomic E-state index is -0.129. The lowest BCUT2D eigenvalue weighted by atomic mass is 10.1. The molecule has 0 aromatic heterocycles. The van der Waals surface area contributed by atoms with Crippen molar-refractivity contribution in [3.05, 3.63) is 35.4 Å². The number of carbonyl (C=O) groups excluding carboxylic acids is 2. The average Bonchev–Trinajstić information content (AvgIpc) is 2.37. The molecule has 0 bridgehead atoms. The molecule has 0 radical (unpaired) electrons. The van der Waals surface area contributed by atoms with E-state index >= 15 is 0 Å². The molecule has 1 aromatic rings. The highest BCUT2D eigenvalue weighted by atomic mass is 16.5. The summed E-state index contributed by atoms with van der Waals surface area (Å²) in [6.45, 7) is 4.30. The Labute approximate surface area is 113 Å². The van der Waals surface area contributed by atoms with Crippen molar-refractivity contribution in [2.45, 2.75) is 26.4 Å². The van der Waals surface area contributed by atoms with Crippen molar-refractivity contribution in [3.63, 3.8) is 0 Å². The molecule has 1 aromatic carbocycles. The molecule has 0 aliphatic carbocycles. The summed E-state index contributed by atoms with van der Waals surface area (Å²) in [5.74, 6) is -0.203. The molecular formula is C14H20N2O3. The first-order valence-corrected chi connectivity index (χ1v) is 6.16. The molecule has 2 N–H and O–H groups in total. The second-order valence-electron chi connectivity index (χ2n) is 4.44. The molecule has 1 unspecified atom stereocenters. The average molecular weight is 264 g/mol. The van der Waals surface area contributed by atoms with Crippen LogP contribution in [-0.2, 0) is 16.1 Å². The van der Waals surface area contributed by atoms with Gasteiger partial charge in [-0.2, -0.15) is 0 Å². The summed E-state index contributed by atoms with van der Waals surface area (Å²) in [4.78, 5) is 22.7. The fourth-order valence-corrected chi connectivity index (χ4v) is 1.60. The Kier molecular flexibility index (Phi) is 6.02. The predicted molar refractivity (Wildman–Crippen MR) is 72.8 cm³/mol. The van der Waals surface area contributed by atoms with Gasteiger partial charge in [0.15, 0.2) is 0 Å². The summed E-state index contributed by atoms with van der Waals surface area (Å²) < 4.78 is 4.96. The summed E-state index contributed by atoms with van der Waals surface area (Å²) in [5, 5.41) is 5.54. The maximum absolute atomic E-state index is 11.9. The zero-order chi connectivity index (χ0) is 14.3. The molecule has 0 aliphatic heterocycles. The number of nitrogens with one attached hydrogen (secondary N) is 2. The zero-order valence-electron chi connectivity index (χ0n) is 11.5. The SMILES string of the molecule is COCC(C)NC(=O)c1ccc(CNC(C)=O)cc1. The van der Waals surface area contributed by atoms with Crippen molar-refractivity contribution in [1.82, 2.24) is 10.6 Å². The second kappa shape index (κ2) is 7.53. The standard InChI is InChI=1S/C14H20N2O3/c1-10(9-19-3)16-14(18)13-6-4-12(5-7-13)8-15-11(2)17/h4-7,10H,8-9H2,1-3H3,(H,15,17)(H,16,18). The number of carbonyl (C=O) groups is 2. The monoisotopic (exact) mass is 264 g/mol. The minimum Gasteiger partial charge on any atom is -0.383 e. The summed E-state index contributed by atoms with van der Waals surface area (Å²) in [5.41, 5.74) is 1.55. The number of benzene rings is 1. The zero-order valence-corrected chi connectivity index (χ0v) is 11.5. The smallest absolute Gasteiger partial charge is 0.251 e. The van der Waals surface area contributed by atoms with Crippen LogP contribution in [0.25, 0.3) is 0 Å². The van der Waals surface area contributed by atoms with Gasteiger partial charge in [0.2, 0.25) is 5.91 Å². The van der Waals surface area contributed by atoms with E-state index in [1.807, 2.05) is 19.1 Å². The van der Waals surface area contributed by atoms with Gasteiger partial charge in [0.25, 0.3) is 5.91 Å². The summed E-state index contributed by atoms with van der Waals surface area (Å²) in [6.07, 6.45) is 0. The van der Waals surface area contributed by atoms with Gasteiger partial charge in [-0.15, -0.1) is 0 Å². The number of ether oxygens (including phenoxy) is 1. The summed E-state index contributed by atoms with van der Waals surface area (Å²) in [6, 6.07) is 7.10. The van der Waals surface area contributed by atoms with Crippen LogP contribution in [0.15, 0.2) is 24.3 Å². The van der Waals surface area contributed by atoms with Crippen molar-refractivity contribution in [1.29, 1.82) is 0 Å². The van der Waals surface area contributed by atoms with Gasteiger partial charge in [-0.25, -0.2) is 0 Å². The van der Waals surface area contributed by atoms with E-state index < -0.39 is 0 Å².